The van der Waals surface area contributed by atoms with Gasteiger partial charge in [-0.3, -0.25) is 15.0 Å². The summed E-state index contributed by atoms with van der Waals surface area (Å²) >= 11 is 0. The molecule has 0 aliphatic carbocycles. The number of nitrogens with one attached hydrogen (secondary N) is 1. The van der Waals surface area contributed by atoms with Gasteiger partial charge in [-0.15, -0.1) is 19.0 Å². The number of aromatic nitrogens is 2. The first-order chi connectivity index (χ1) is 19.3. The lowest BCUT2D eigenvalue weighted by Crippen LogP contribution is -2.30. The van der Waals surface area contributed by atoms with Crippen molar-refractivity contribution in [3.05, 3.63) is 117 Å². The number of esters is 1. The molecule has 10 nitrogen and oxygen atoms in total. The van der Waals surface area contributed by atoms with Crippen LogP contribution in [0.1, 0.15) is 55.4 Å². The maximum Gasteiger partial charge on any atom is 0.336 e. The highest BCUT2D eigenvalue weighted by molar-refractivity contribution is 5.97. The summed E-state index contributed by atoms with van der Waals surface area (Å²) in [5.74, 6) is -0.534. The zero-order chi connectivity index (χ0) is 28.6. The van der Waals surface area contributed by atoms with Crippen LogP contribution in [0.2, 0.25) is 0 Å². The number of rotatable bonds is 12. The fourth-order valence-corrected chi connectivity index (χ4v) is 4.84. The minimum atomic E-state index is -0.727. The molecule has 3 aromatic rings. The van der Waals surface area contributed by atoms with Crippen LogP contribution in [0.25, 0.3) is 5.57 Å². The summed E-state index contributed by atoms with van der Waals surface area (Å²) in [6.45, 7) is 8.71. The summed E-state index contributed by atoms with van der Waals surface area (Å²) in [6.07, 6.45) is 2.89. The Balaban J connectivity index is 0.00000462. The number of ether oxygens (including phenoxy) is 1. The molecule has 2 heterocycles. The summed E-state index contributed by atoms with van der Waals surface area (Å²) in [5.41, 5.74) is 3.91. The van der Waals surface area contributed by atoms with Crippen molar-refractivity contribution in [1.82, 2.24) is 20.4 Å². The summed E-state index contributed by atoms with van der Waals surface area (Å²) in [5, 5.41) is 19.2. The van der Waals surface area contributed by atoms with E-state index in [0.29, 0.717) is 59.9 Å². The van der Waals surface area contributed by atoms with Crippen molar-refractivity contribution in [3.8, 4) is 0 Å². The second-order valence-electron chi connectivity index (χ2n) is 9.56. The van der Waals surface area contributed by atoms with Crippen molar-refractivity contribution < 1.29 is 19.0 Å². The van der Waals surface area contributed by atoms with Crippen LogP contribution in [0.4, 0.5) is 5.69 Å². The molecule has 0 radical (unpaired) electrons. The number of dihydropyridines is 1. The van der Waals surface area contributed by atoms with Crippen LogP contribution < -0.4 is 5.32 Å². The molecule has 1 aromatic heterocycles. The van der Waals surface area contributed by atoms with Crippen LogP contribution in [-0.2, 0) is 22.6 Å². The maximum atomic E-state index is 13.4. The fourth-order valence-electron chi connectivity index (χ4n) is 4.84. The standard InChI is InChI=1S/C30H33N5O5.ClH/c1-5-7-16-24-28(30(36)39-6-2)27(22-14-11-15-23(17-22)35(37)38)26(20(3)31-24)29-32-25(33-40-29)19-34(4)18-21-12-9-8-10-13-21;/h5,8-15,17,27,31H,1,6-7,16,18-19H2,2-4H3;1H. The summed E-state index contributed by atoms with van der Waals surface area (Å²) < 4.78 is 11.2. The molecule has 216 valence electrons. The lowest BCUT2D eigenvalue weighted by molar-refractivity contribution is -0.384. The van der Waals surface area contributed by atoms with E-state index in [-0.39, 0.29) is 30.6 Å². The molecule has 0 spiro atoms. The third-order valence-electron chi connectivity index (χ3n) is 6.56. The number of allylic oxidation sites excluding steroid dienone is 4. The first-order valence-electron chi connectivity index (χ1n) is 13.1. The number of benzene rings is 2. The second-order valence-corrected chi connectivity index (χ2v) is 9.56. The molecule has 2 aromatic carbocycles. The Bertz CT molecular complexity index is 1450. The average molecular weight is 580 g/mol. The molecule has 0 saturated heterocycles. The molecule has 1 aliphatic heterocycles. The lowest BCUT2D eigenvalue weighted by atomic mass is 9.79. The average Bonchev–Trinajstić information content (AvgIpc) is 3.39. The first-order valence-corrected chi connectivity index (χ1v) is 13.1. The second kappa shape index (κ2) is 14.4. The lowest BCUT2D eigenvalue weighted by Gasteiger charge is -2.31. The van der Waals surface area contributed by atoms with Gasteiger partial charge >= 0.3 is 5.97 Å². The third kappa shape index (κ3) is 7.47. The maximum absolute atomic E-state index is 13.4. The normalized spacial score (nSPS) is 14.9. The number of carbonyl (C=O) groups is 1. The summed E-state index contributed by atoms with van der Waals surface area (Å²) in [4.78, 5) is 31.3. The van der Waals surface area contributed by atoms with Gasteiger partial charge in [0.15, 0.2) is 5.82 Å². The highest BCUT2D eigenvalue weighted by Gasteiger charge is 2.38. The van der Waals surface area contributed by atoms with E-state index in [0.717, 1.165) is 5.56 Å². The molecule has 1 aliphatic rings. The molecule has 0 fully saturated rings. The van der Waals surface area contributed by atoms with E-state index < -0.39 is 16.8 Å². The van der Waals surface area contributed by atoms with Crippen LogP contribution in [0.5, 0.6) is 0 Å². The topological polar surface area (TPSA) is 124 Å². The van der Waals surface area contributed by atoms with Gasteiger partial charge in [-0.1, -0.05) is 53.7 Å². The summed E-state index contributed by atoms with van der Waals surface area (Å²) in [7, 11) is 1.97. The minimum absolute atomic E-state index is 0. The number of nitrogens with zero attached hydrogens (tertiary/aromatic N) is 4. The Hall–Kier alpha value is -4.28. The first kappa shape index (κ1) is 31.3. The Morgan fingerprint density at radius 3 is 2.66 bits per heavy atom. The van der Waals surface area contributed by atoms with Crippen LogP contribution >= 0.6 is 12.4 Å². The molecule has 0 saturated carbocycles. The van der Waals surface area contributed by atoms with Crippen molar-refractivity contribution in [1.29, 1.82) is 0 Å². The fraction of sp³-hybridized carbons (Fsp3) is 0.300. The van der Waals surface area contributed by atoms with Crippen LogP contribution in [0.15, 0.2) is 88.7 Å². The quantitative estimate of drug-likeness (QED) is 0.120. The molecular weight excluding hydrogens is 546 g/mol. The Morgan fingerprint density at radius 2 is 1.98 bits per heavy atom. The highest BCUT2D eigenvalue weighted by Crippen LogP contribution is 2.44. The van der Waals surface area contributed by atoms with Gasteiger partial charge in [0.05, 0.1) is 29.6 Å². The number of non-ortho nitro benzene ring substituents is 1. The monoisotopic (exact) mass is 579 g/mol. The molecule has 1 N–H and O–H groups in total. The van der Waals surface area contributed by atoms with E-state index in [9.17, 15) is 14.9 Å². The van der Waals surface area contributed by atoms with Gasteiger partial charge < -0.3 is 14.6 Å². The summed E-state index contributed by atoms with van der Waals surface area (Å²) in [6, 6.07) is 16.3. The van der Waals surface area contributed by atoms with Crippen LogP contribution in [0.3, 0.4) is 0 Å². The number of halogens is 1. The van der Waals surface area contributed by atoms with Gasteiger partial charge in [0, 0.05) is 35.6 Å². The number of nitro groups is 1. The minimum Gasteiger partial charge on any atom is -0.463 e. The molecule has 4 rings (SSSR count). The SMILES string of the molecule is C=CCCC1=C(C(=O)OCC)C(c2cccc([N+](=O)[O-])c2)C(c2nc(CN(C)Cc3ccccc3)no2)=C(C)N1.Cl. The van der Waals surface area contributed by atoms with E-state index in [2.05, 4.69) is 39.1 Å². The van der Waals surface area contributed by atoms with Gasteiger partial charge in [-0.25, -0.2) is 4.79 Å². The molecule has 0 bridgehead atoms. The molecule has 0 amide bonds. The van der Waals surface area contributed by atoms with Crippen LogP contribution in [0, 0.1) is 10.1 Å². The molecule has 1 atom stereocenters. The van der Waals surface area contributed by atoms with Gasteiger partial charge in [-0.05, 0) is 44.9 Å². The highest BCUT2D eigenvalue weighted by atomic mass is 35.5. The Labute approximate surface area is 245 Å². The molecular formula is C30H34ClN5O5. The number of hydrogen-bond acceptors (Lipinski definition) is 9. The van der Waals surface area contributed by atoms with E-state index in [4.69, 9.17) is 9.26 Å². The smallest absolute Gasteiger partial charge is 0.336 e. The zero-order valence-electron chi connectivity index (χ0n) is 23.3. The number of carbonyl (C=O) groups excluding carboxylic acids is 1. The number of nitro benzene ring substituents is 1. The van der Waals surface area contributed by atoms with Crippen molar-refractivity contribution in [2.45, 2.75) is 45.7 Å². The van der Waals surface area contributed by atoms with Crippen molar-refractivity contribution in [2.75, 3.05) is 13.7 Å². The van der Waals surface area contributed by atoms with Crippen molar-refractivity contribution in [3.63, 3.8) is 0 Å². The van der Waals surface area contributed by atoms with Gasteiger partial charge in [0.2, 0.25) is 0 Å². The molecule has 41 heavy (non-hydrogen) atoms. The van der Waals surface area contributed by atoms with Crippen molar-refractivity contribution in [2.24, 2.45) is 0 Å². The predicted octanol–water partition coefficient (Wildman–Crippen LogP) is 5.93. The van der Waals surface area contributed by atoms with Gasteiger partial charge in [0.25, 0.3) is 11.6 Å². The largest absolute Gasteiger partial charge is 0.463 e. The Kier molecular flexibility index (Phi) is 11.0. The van der Waals surface area contributed by atoms with Crippen LogP contribution in [-0.4, -0.2) is 39.6 Å². The van der Waals surface area contributed by atoms with E-state index in [1.807, 2.05) is 32.2 Å². The van der Waals surface area contributed by atoms with Gasteiger partial charge in [0.1, 0.15) is 0 Å². The Morgan fingerprint density at radius 1 is 1.22 bits per heavy atom. The van der Waals surface area contributed by atoms with E-state index in [1.54, 1.807) is 25.1 Å². The third-order valence-corrected chi connectivity index (χ3v) is 6.56. The van der Waals surface area contributed by atoms with E-state index >= 15 is 0 Å². The zero-order valence-corrected chi connectivity index (χ0v) is 24.1. The van der Waals surface area contributed by atoms with E-state index in [1.165, 1.54) is 12.1 Å². The molecule has 1 unspecified atom stereocenters. The van der Waals surface area contributed by atoms with Crippen molar-refractivity contribution >= 4 is 29.6 Å². The molecule has 11 heteroatoms. The number of hydrogen-bond donors (Lipinski definition) is 1. The predicted molar refractivity (Wildman–Crippen MR) is 158 cm³/mol. The van der Waals surface area contributed by atoms with Gasteiger partial charge in [-0.2, -0.15) is 4.98 Å².